The van der Waals surface area contributed by atoms with E-state index >= 15 is 0 Å². The van der Waals surface area contributed by atoms with Crippen LogP contribution in [0.15, 0.2) is 45.8 Å². The largest absolute Gasteiger partial charge is 0.454 e. The number of rotatable bonds is 6. The molecule has 0 amide bonds. The number of hydrogen-bond donors (Lipinski definition) is 0. The molecule has 0 saturated carbocycles. The van der Waals surface area contributed by atoms with Crippen LogP contribution in [0.25, 0.3) is 5.82 Å². The Bertz CT molecular complexity index is 1190. The predicted molar refractivity (Wildman–Crippen MR) is 104 cm³/mol. The summed E-state index contributed by atoms with van der Waals surface area (Å²) >= 11 is 0. The third kappa shape index (κ3) is 4.29. The maximum absolute atomic E-state index is 12.6. The quantitative estimate of drug-likeness (QED) is 0.449. The highest BCUT2D eigenvalue weighted by Crippen LogP contribution is 2.21. The van der Waals surface area contributed by atoms with Crippen LogP contribution in [0.2, 0.25) is 0 Å². The molecule has 8 nitrogen and oxygen atoms in total. The molecule has 0 aliphatic rings. The fraction of sp³-hybridized carbons (Fsp3) is 0.250. The SMILES string of the molecule is Cc1cc(-n2c(C)cc(C(=O)COC(=O)c3ccc(S(C)(=O)=O)cc3)c2C)no1. The van der Waals surface area contributed by atoms with Gasteiger partial charge in [0, 0.05) is 29.3 Å². The molecule has 9 heteroatoms. The smallest absolute Gasteiger partial charge is 0.338 e. The van der Waals surface area contributed by atoms with Gasteiger partial charge in [-0.15, -0.1) is 0 Å². The molecular weight excluding hydrogens is 396 g/mol. The number of ketones is 1. The van der Waals surface area contributed by atoms with Crippen molar-refractivity contribution in [1.82, 2.24) is 9.72 Å². The fourth-order valence-electron chi connectivity index (χ4n) is 2.99. The summed E-state index contributed by atoms with van der Waals surface area (Å²) in [5, 5.41) is 3.97. The first-order valence-electron chi connectivity index (χ1n) is 8.71. The van der Waals surface area contributed by atoms with Crippen molar-refractivity contribution in [2.75, 3.05) is 12.9 Å². The van der Waals surface area contributed by atoms with Gasteiger partial charge in [-0.05, 0) is 51.1 Å². The van der Waals surface area contributed by atoms with Crippen molar-refractivity contribution in [3.63, 3.8) is 0 Å². The molecule has 0 fully saturated rings. The zero-order chi connectivity index (χ0) is 21.3. The Hall–Kier alpha value is -3.20. The molecule has 1 aromatic carbocycles. The Kier molecular flexibility index (Phi) is 5.43. The fourth-order valence-corrected chi connectivity index (χ4v) is 3.62. The van der Waals surface area contributed by atoms with E-state index in [0.29, 0.717) is 22.8 Å². The Morgan fingerprint density at radius 2 is 1.76 bits per heavy atom. The molecule has 3 rings (SSSR count). The molecule has 29 heavy (non-hydrogen) atoms. The standard InChI is InChI=1S/C20H20N2O6S/c1-12-9-17(14(3)22(12)19-10-13(2)28-21-19)18(23)11-27-20(24)15-5-7-16(8-6-15)29(4,25)26/h5-10H,11H2,1-4H3. The topological polar surface area (TPSA) is 108 Å². The van der Waals surface area contributed by atoms with Crippen LogP contribution in [-0.4, -0.2) is 42.8 Å². The monoisotopic (exact) mass is 416 g/mol. The van der Waals surface area contributed by atoms with E-state index in [2.05, 4.69) is 5.16 Å². The summed E-state index contributed by atoms with van der Waals surface area (Å²) in [6.07, 6.45) is 1.08. The van der Waals surface area contributed by atoms with Crippen LogP contribution in [0.1, 0.15) is 37.9 Å². The summed E-state index contributed by atoms with van der Waals surface area (Å²) in [4.78, 5) is 24.8. The minimum Gasteiger partial charge on any atom is -0.454 e. The van der Waals surface area contributed by atoms with Crippen LogP contribution in [0, 0.1) is 20.8 Å². The molecule has 0 spiro atoms. The van der Waals surface area contributed by atoms with E-state index in [1.807, 2.05) is 6.92 Å². The zero-order valence-corrected chi connectivity index (χ0v) is 17.2. The summed E-state index contributed by atoms with van der Waals surface area (Å²) in [7, 11) is -3.36. The highest BCUT2D eigenvalue weighted by molar-refractivity contribution is 7.90. The van der Waals surface area contributed by atoms with E-state index in [9.17, 15) is 18.0 Å². The molecule has 0 saturated heterocycles. The van der Waals surface area contributed by atoms with Crippen molar-refractivity contribution in [1.29, 1.82) is 0 Å². The maximum Gasteiger partial charge on any atom is 0.338 e. The molecule has 0 bridgehead atoms. The second-order valence-corrected chi connectivity index (χ2v) is 8.73. The molecule has 3 aromatic rings. The first-order valence-corrected chi connectivity index (χ1v) is 10.6. The van der Waals surface area contributed by atoms with Crippen LogP contribution in [0.5, 0.6) is 0 Å². The molecule has 152 valence electrons. The van der Waals surface area contributed by atoms with Gasteiger partial charge in [-0.1, -0.05) is 5.16 Å². The van der Waals surface area contributed by atoms with Gasteiger partial charge in [0.05, 0.1) is 10.5 Å². The lowest BCUT2D eigenvalue weighted by atomic mass is 10.1. The van der Waals surface area contributed by atoms with Crippen molar-refractivity contribution >= 4 is 21.6 Å². The summed E-state index contributed by atoms with van der Waals surface area (Å²) in [5.41, 5.74) is 2.04. The van der Waals surface area contributed by atoms with Gasteiger partial charge in [0.1, 0.15) is 5.76 Å². The van der Waals surface area contributed by atoms with E-state index in [1.165, 1.54) is 24.3 Å². The Morgan fingerprint density at radius 3 is 2.31 bits per heavy atom. The Balaban J connectivity index is 1.72. The average Bonchev–Trinajstić information content (AvgIpc) is 3.21. The summed E-state index contributed by atoms with van der Waals surface area (Å²) in [5.74, 6) is 0.153. The lowest BCUT2D eigenvalue weighted by Crippen LogP contribution is -2.15. The number of carbonyl (C=O) groups excluding carboxylic acids is 2. The highest BCUT2D eigenvalue weighted by atomic mass is 32.2. The molecule has 0 aliphatic carbocycles. The van der Waals surface area contributed by atoms with Crippen molar-refractivity contribution in [3.05, 3.63) is 64.7 Å². The van der Waals surface area contributed by atoms with Gasteiger partial charge in [0.2, 0.25) is 5.78 Å². The summed E-state index contributed by atoms with van der Waals surface area (Å²) < 4.78 is 34.9. The summed E-state index contributed by atoms with van der Waals surface area (Å²) in [6, 6.07) is 8.80. The predicted octanol–water partition coefficient (Wildman–Crippen LogP) is 2.83. The Morgan fingerprint density at radius 1 is 1.10 bits per heavy atom. The van der Waals surface area contributed by atoms with Crippen LogP contribution >= 0.6 is 0 Å². The number of aryl methyl sites for hydroxylation is 2. The molecule has 2 aromatic heterocycles. The second-order valence-electron chi connectivity index (χ2n) is 6.71. The molecule has 0 aliphatic heterocycles. The number of aromatic nitrogens is 2. The lowest BCUT2D eigenvalue weighted by molar-refractivity contribution is 0.0474. The number of carbonyl (C=O) groups is 2. The van der Waals surface area contributed by atoms with Gasteiger partial charge in [0.25, 0.3) is 0 Å². The van der Waals surface area contributed by atoms with E-state index < -0.39 is 22.4 Å². The minimum atomic E-state index is -3.36. The molecular formula is C20H20N2O6S. The summed E-state index contributed by atoms with van der Waals surface area (Å²) in [6.45, 7) is 4.95. The van der Waals surface area contributed by atoms with Crippen molar-refractivity contribution in [2.45, 2.75) is 25.7 Å². The first-order chi connectivity index (χ1) is 13.6. The number of benzene rings is 1. The van der Waals surface area contributed by atoms with Crippen molar-refractivity contribution in [3.8, 4) is 5.82 Å². The van der Waals surface area contributed by atoms with Crippen LogP contribution in [0.3, 0.4) is 0 Å². The number of hydrogen-bond acceptors (Lipinski definition) is 7. The van der Waals surface area contributed by atoms with E-state index in [4.69, 9.17) is 9.26 Å². The molecule has 0 radical (unpaired) electrons. The van der Waals surface area contributed by atoms with Crippen LogP contribution in [0.4, 0.5) is 0 Å². The Labute approximate surface area is 168 Å². The van der Waals surface area contributed by atoms with Crippen molar-refractivity contribution in [2.24, 2.45) is 0 Å². The first kappa shape index (κ1) is 20.5. The van der Waals surface area contributed by atoms with Gasteiger partial charge in [0.15, 0.2) is 22.3 Å². The number of nitrogens with zero attached hydrogens (tertiary/aromatic N) is 2. The minimum absolute atomic E-state index is 0.0978. The number of Topliss-reactive ketones (excluding diaryl/α,β-unsaturated/α-hetero) is 1. The van der Waals surface area contributed by atoms with E-state index in [0.717, 1.165) is 11.9 Å². The van der Waals surface area contributed by atoms with Gasteiger partial charge < -0.3 is 9.26 Å². The van der Waals surface area contributed by atoms with Crippen molar-refractivity contribution < 1.29 is 27.3 Å². The third-order valence-corrected chi connectivity index (χ3v) is 5.56. The van der Waals surface area contributed by atoms with E-state index in [-0.39, 0.29) is 16.2 Å². The third-order valence-electron chi connectivity index (χ3n) is 4.43. The lowest BCUT2D eigenvalue weighted by Gasteiger charge is -2.06. The van der Waals surface area contributed by atoms with Crippen LogP contribution < -0.4 is 0 Å². The number of esters is 1. The van der Waals surface area contributed by atoms with Crippen LogP contribution in [-0.2, 0) is 14.6 Å². The van der Waals surface area contributed by atoms with Gasteiger partial charge in [-0.2, -0.15) is 0 Å². The molecule has 0 atom stereocenters. The normalized spacial score (nSPS) is 11.4. The van der Waals surface area contributed by atoms with Gasteiger partial charge in [-0.3, -0.25) is 9.36 Å². The second kappa shape index (κ2) is 7.67. The number of ether oxygens (including phenoxy) is 1. The number of sulfone groups is 1. The van der Waals surface area contributed by atoms with Gasteiger partial charge in [-0.25, -0.2) is 13.2 Å². The molecule has 0 N–H and O–H groups in total. The maximum atomic E-state index is 12.6. The average molecular weight is 416 g/mol. The van der Waals surface area contributed by atoms with Gasteiger partial charge >= 0.3 is 5.97 Å². The molecule has 0 unspecified atom stereocenters. The zero-order valence-electron chi connectivity index (χ0n) is 16.4. The van der Waals surface area contributed by atoms with E-state index in [1.54, 1.807) is 30.5 Å². The highest BCUT2D eigenvalue weighted by Gasteiger charge is 2.20. The molecule has 2 heterocycles.